The Morgan fingerprint density at radius 1 is 1.10 bits per heavy atom. The summed E-state index contributed by atoms with van der Waals surface area (Å²) in [4.78, 5) is 10.9. The molecule has 0 aromatic heterocycles. The number of carboxylic acid groups (broad SMARTS) is 1. The van der Waals surface area contributed by atoms with Gasteiger partial charge in [0.1, 0.15) is 11.5 Å². The molecule has 4 heteroatoms. The molecule has 20 heavy (non-hydrogen) atoms. The van der Waals surface area contributed by atoms with Gasteiger partial charge in [0, 0.05) is 11.1 Å². The summed E-state index contributed by atoms with van der Waals surface area (Å²) < 4.78 is 5.42. The molecule has 104 valence electrons. The van der Waals surface area contributed by atoms with E-state index < -0.39 is 5.97 Å². The van der Waals surface area contributed by atoms with Crippen LogP contribution in [0.4, 0.5) is 0 Å². The van der Waals surface area contributed by atoms with Gasteiger partial charge in [0.25, 0.3) is 0 Å². The van der Waals surface area contributed by atoms with Crippen LogP contribution in [-0.2, 0) is 0 Å². The average Bonchev–Trinajstić information content (AvgIpc) is 2.41. The van der Waals surface area contributed by atoms with Gasteiger partial charge in [0.05, 0.1) is 12.7 Å². The van der Waals surface area contributed by atoms with Gasteiger partial charge in [-0.25, -0.2) is 4.79 Å². The molecule has 0 aliphatic rings. The molecule has 0 amide bonds. The van der Waals surface area contributed by atoms with Gasteiger partial charge in [-0.05, 0) is 43.2 Å². The third kappa shape index (κ3) is 2.32. The lowest BCUT2D eigenvalue weighted by Crippen LogP contribution is -1.97. The zero-order chi connectivity index (χ0) is 14.9. The Hall–Kier alpha value is -2.49. The summed E-state index contributed by atoms with van der Waals surface area (Å²) in [6.07, 6.45) is 0. The summed E-state index contributed by atoms with van der Waals surface area (Å²) in [5, 5.41) is 19.0. The van der Waals surface area contributed by atoms with E-state index in [-0.39, 0.29) is 11.3 Å². The zero-order valence-electron chi connectivity index (χ0n) is 11.6. The third-order valence-corrected chi connectivity index (χ3v) is 3.42. The zero-order valence-corrected chi connectivity index (χ0v) is 11.6. The molecule has 0 radical (unpaired) electrons. The number of methoxy groups -OCH3 is 1. The van der Waals surface area contributed by atoms with Gasteiger partial charge in [0.15, 0.2) is 0 Å². The molecule has 0 bridgehead atoms. The smallest absolute Gasteiger partial charge is 0.335 e. The molecule has 0 aliphatic carbocycles. The van der Waals surface area contributed by atoms with Crippen LogP contribution in [0.3, 0.4) is 0 Å². The van der Waals surface area contributed by atoms with Crippen LogP contribution in [-0.4, -0.2) is 23.3 Å². The monoisotopic (exact) mass is 272 g/mol. The highest BCUT2D eigenvalue weighted by Gasteiger charge is 2.15. The van der Waals surface area contributed by atoms with Crippen LogP contribution in [0.1, 0.15) is 21.5 Å². The molecule has 0 unspecified atom stereocenters. The first-order valence-corrected chi connectivity index (χ1v) is 6.16. The molecule has 2 aromatic carbocycles. The minimum Gasteiger partial charge on any atom is -0.507 e. The number of aromatic carboxylic acids is 1. The van der Waals surface area contributed by atoms with Crippen molar-refractivity contribution in [2.24, 2.45) is 0 Å². The quantitative estimate of drug-likeness (QED) is 0.898. The highest BCUT2D eigenvalue weighted by Crippen LogP contribution is 2.39. The number of phenolic OH excluding ortho intramolecular Hbond substituents is 1. The van der Waals surface area contributed by atoms with E-state index in [9.17, 15) is 9.90 Å². The second kappa shape index (κ2) is 5.25. The summed E-state index contributed by atoms with van der Waals surface area (Å²) in [5.74, 6) is -0.464. The van der Waals surface area contributed by atoms with E-state index in [2.05, 4.69) is 0 Å². The Morgan fingerprint density at radius 3 is 2.30 bits per heavy atom. The van der Waals surface area contributed by atoms with E-state index in [0.717, 1.165) is 16.7 Å². The second-order valence-corrected chi connectivity index (χ2v) is 4.63. The molecular formula is C16H16O4. The first-order valence-electron chi connectivity index (χ1n) is 6.16. The van der Waals surface area contributed by atoms with Gasteiger partial charge >= 0.3 is 5.97 Å². The number of hydrogen-bond donors (Lipinski definition) is 2. The summed E-state index contributed by atoms with van der Waals surface area (Å²) in [6, 6.07) is 8.10. The molecule has 2 aromatic rings. The number of benzene rings is 2. The van der Waals surface area contributed by atoms with E-state index in [1.807, 2.05) is 26.0 Å². The molecule has 0 aliphatic heterocycles. The predicted octanol–water partition coefficient (Wildman–Crippen LogP) is 3.38. The van der Waals surface area contributed by atoms with Gasteiger partial charge < -0.3 is 14.9 Å². The summed E-state index contributed by atoms with van der Waals surface area (Å²) >= 11 is 0. The van der Waals surface area contributed by atoms with Gasteiger partial charge in [-0.2, -0.15) is 0 Å². The molecular weight excluding hydrogens is 256 g/mol. The molecule has 4 nitrogen and oxygen atoms in total. The Bertz CT molecular complexity index is 674. The van der Waals surface area contributed by atoms with Crippen molar-refractivity contribution >= 4 is 5.97 Å². The first kappa shape index (κ1) is 13.9. The van der Waals surface area contributed by atoms with Gasteiger partial charge in [-0.3, -0.25) is 0 Å². The van der Waals surface area contributed by atoms with E-state index in [0.29, 0.717) is 11.3 Å². The molecule has 2 rings (SSSR count). The normalized spacial score (nSPS) is 10.3. The lowest BCUT2D eigenvalue weighted by Gasteiger charge is -2.14. The fourth-order valence-electron chi connectivity index (χ4n) is 2.16. The molecule has 0 saturated heterocycles. The first-order chi connectivity index (χ1) is 9.45. The summed E-state index contributed by atoms with van der Waals surface area (Å²) in [5.41, 5.74) is 3.42. The standard InChI is InChI=1S/C16H16O4/c1-9-4-6-13(15(20-3)10(9)2)12-7-5-11(16(18)19)8-14(12)17/h4-8,17H,1-3H3,(H,18,19). The number of hydrogen-bond acceptors (Lipinski definition) is 3. The van der Waals surface area contributed by atoms with E-state index in [4.69, 9.17) is 9.84 Å². The van der Waals surface area contributed by atoms with Crippen LogP contribution in [0, 0.1) is 13.8 Å². The maximum Gasteiger partial charge on any atom is 0.335 e. The van der Waals surface area contributed by atoms with Crippen molar-refractivity contribution in [1.29, 1.82) is 0 Å². The Labute approximate surface area is 117 Å². The van der Waals surface area contributed by atoms with E-state index in [1.54, 1.807) is 13.2 Å². The van der Waals surface area contributed by atoms with Gasteiger partial charge in [-0.1, -0.05) is 12.1 Å². The molecule has 0 atom stereocenters. The topological polar surface area (TPSA) is 66.8 Å². The van der Waals surface area contributed by atoms with Crippen LogP contribution >= 0.6 is 0 Å². The van der Waals surface area contributed by atoms with Crippen molar-refractivity contribution < 1.29 is 19.7 Å². The summed E-state index contributed by atoms with van der Waals surface area (Å²) in [6.45, 7) is 3.93. The number of aryl methyl sites for hydroxylation is 1. The minimum atomic E-state index is -1.07. The molecule has 0 fully saturated rings. The number of aromatic hydroxyl groups is 1. The Balaban J connectivity index is 2.63. The largest absolute Gasteiger partial charge is 0.507 e. The maximum atomic E-state index is 10.9. The average molecular weight is 272 g/mol. The van der Waals surface area contributed by atoms with E-state index >= 15 is 0 Å². The fourth-order valence-corrected chi connectivity index (χ4v) is 2.16. The molecule has 0 spiro atoms. The van der Waals surface area contributed by atoms with Crippen molar-refractivity contribution in [3.63, 3.8) is 0 Å². The highest BCUT2D eigenvalue weighted by atomic mass is 16.5. The van der Waals surface area contributed by atoms with Gasteiger partial charge in [0.2, 0.25) is 0 Å². The van der Waals surface area contributed by atoms with Crippen molar-refractivity contribution in [2.45, 2.75) is 13.8 Å². The SMILES string of the molecule is COc1c(-c2ccc(C(=O)O)cc2O)ccc(C)c1C. The summed E-state index contributed by atoms with van der Waals surface area (Å²) in [7, 11) is 1.58. The minimum absolute atomic E-state index is 0.0500. The highest BCUT2D eigenvalue weighted by molar-refractivity contribution is 5.90. The second-order valence-electron chi connectivity index (χ2n) is 4.63. The van der Waals surface area contributed by atoms with Gasteiger partial charge in [-0.15, -0.1) is 0 Å². The lowest BCUT2D eigenvalue weighted by molar-refractivity contribution is 0.0696. The Morgan fingerprint density at radius 2 is 1.75 bits per heavy atom. The number of phenols is 1. The van der Waals surface area contributed by atoms with Crippen molar-refractivity contribution in [3.05, 3.63) is 47.0 Å². The fraction of sp³-hybridized carbons (Fsp3) is 0.188. The van der Waals surface area contributed by atoms with Crippen molar-refractivity contribution in [2.75, 3.05) is 7.11 Å². The third-order valence-electron chi connectivity index (χ3n) is 3.42. The number of carboxylic acids is 1. The maximum absolute atomic E-state index is 10.9. The van der Waals surface area contributed by atoms with Crippen LogP contribution in [0.2, 0.25) is 0 Å². The van der Waals surface area contributed by atoms with Crippen LogP contribution < -0.4 is 4.74 Å². The van der Waals surface area contributed by atoms with Crippen molar-refractivity contribution in [1.82, 2.24) is 0 Å². The van der Waals surface area contributed by atoms with Crippen LogP contribution in [0.5, 0.6) is 11.5 Å². The van der Waals surface area contributed by atoms with Crippen LogP contribution in [0.25, 0.3) is 11.1 Å². The van der Waals surface area contributed by atoms with Crippen LogP contribution in [0.15, 0.2) is 30.3 Å². The Kier molecular flexibility index (Phi) is 3.66. The molecule has 2 N–H and O–H groups in total. The number of rotatable bonds is 3. The number of ether oxygens (including phenoxy) is 1. The predicted molar refractivity (Wildman–Crippen MR) is 76.5 cm³/mol. The van der Waals surface area contributed by atoms with Crippen molar-refractivity contribution in [3.8, 4) is 22.6 Å². The number of carbonyl (C=O) groups is 1. The molecule has 0 heterocycles. The lowest BCUT2D eigenvalue weighted by atomic mass is 9.97. The molecule has 0 saturated carbocycles. The van der Waals surface area contributed by atoms with E-state index in [1.165, 1.54) is 12.1 Å².